The normalized spacial score (nSPS) is 16.4. The third-order valence-corrected chi connectivity index (χ3v) is 2.92. The highest BCUT2D eigenvalue weighted by atomic mass is 79.9. The van der Waals surface area contributed by atoms with Crippen molar-refractivity contribution in [1.29, 1.82) is 5.41 Å². The van der Waals surface area contributed by atoms with E-state index >= 15 is 0 Å². The van der Waals surface area contributed by atoms with Crippen molar-refractivity contribution >= 4 is 27.5 Å². The van der Waals surface area contributed by atoms with E-state index in [4.69, 9.17) is 5.41 Å². The summed E-state index contributed by atoms with van der Waals surface area (Å²) in [5, 5.41) is 7.79. The Labute approximate surface area is 92.6 Å². The van der Waals surface area contributed by atoms with Gasteiger partial charge in [-0.2, -0.15) is 0 Å². The summed E-state index contributed by atoms with van der Waals surface area (Å²) in [6.07, 6.45) is 2.01. The zero-order valence-electron chi connectivity index (χ0n) is 8.18. The van der Waals surface area contributed by atoms with Gasteiger partial charge in [-0.1, -0.05) is 15.9 Å². The lowest BCUT2D eigenvalue weighted by Crippen LogP contribution is -2.23. The van der Waals surface area contributed by atoms with Crippen molar-refractivity contribution in [3.05, 3.63) is 28.2 Å². The SMILES string of the molecule is Cc1cc(Br)cc(N2CCCC2=N)c1. The Morgan fingerprint density at radius 1 is 1.36 bits per heavy atom. The van der Waals surface area contributed by atoms with Crippen LogP contribution >= 0.6 is 15.9 Å². The van der Waals surface area contributed by atoms with Crippen molar-refractivity contribution in [2.45, 2.75) is 19.8 Å². The van der Waals surface area contributed by atoms with E-state index in [1.165, 1.54) is 5.56 Å². The highest BCUT2D eigenvalue weighted by Crippen LogP contribution is 2.26. The molecule has 0 atom stereocenters. The van der Waals surface area contributed by atoms with Gasteiger partial charge in [0.1, 0.15) is 5.84 Å². The third-order valence-electron chi connectivity index (χ3n) is 2.46. The predicted molar refractivity (Wildman–Crippen MR) is 63.2 cm³/mol. The molecule has 3 heteroatoms. The second kappa shape index (κ2) is 3.73. The molecule has 0 unspecified atom stereocenters. The van der Waals surface area contributed by atoms with Crippen molar-refractivity contribution in [2.75, 3.05) is 11.4 Å². The van der Waals surface area contributed by atoms with Gasteiger partial charge < -0.3 is 4.90 Å². The van der Waals surface area contributed by atoms with Crippen LogP contribution in [0, 0.1) is 12.3 Å². The Bertz CT molecular complexity index is 353. The molecule has 1 aliphatic rings. The maximum absolute atomic E-state index is 7.79. The Morgan fingerprint density at radius 3 is 2.71 bits per heavy atom. The summed E-state index contributed by atoms with van der Waals surface area (Å²) < 4.78 is 1.09. The van der Waals surface area contributed by atoms with Crippen molar-refractivity contribution in [3.8, 4) is 0 Å². The van der Waals surface area contributed by atoms with Crippen LogP contribution in [0.4, 0.5) is 5.69 Å². The van der Waals surface area contributed by atoms with Crippen LogP contribution < -0.4 is 4.90 Å². The minimum absolute atomic E-state index is 0.738. The number of anilines is 1. The van der Waals surface area contributed by atoms with Gasteiger partial charge in [0.05, 0.1) is 0 Å². The van der Waals surface area contributed by atoms with Crippen molar-refractivity contribution in [1.82, 2.24) is 0 Å². The van der Waals surface area contributed by atoms with E-state index in [2.05, 4.69) is 46.0 Å². The largest absolute Gasteiger partial charge is 0.330 e. The lowest BCUT2D eigenvalue weighted by atomic mass is 10.2. The lowest BCUT2D eigenvalue weighted by Gasteiger charge is -2.18. The topological polar surface area (TPSA) is 27.1 Å². The van der Waals surface area contributed by atoms with Gasteiger partial charge in [-0.3, -0.25) is 5.41 Å². The van der Waals surface area contributed by atoms with Gasteiger partial charge in [0, 0.05) is 23.1 Å². The fourth-order valence-corrected chi connectivity index (χ4v) is 2.43. The molecule has 14 heavy (non-hydrogen) atoms. The number of benzene rings is 1. The second-order valence-corrected chi connectivity index (χ2v) is 4.60. The summed E-state index contributed by atoms with van der Waals surface area (Å²) in [6, 6.07) is 6.29. The standard InChI is InChI=1S/C11H13BrN2/c1-8-5-9(12)7-10(6-8)14-4-2-3-11(14)13/h5-7,13H,2-4H2,1H3. The van der Waals surface area contributed by atoms with Crippen molar-refractivity contribution < 1.29 is 0 Å². The predicted octanol–water partition coefficient (Wildman–Crippen LogP) is 3.33. The van der Waals surface area contributed by atoms with E-state index in [1.54, 1.807) is 0 Å². The number of nitrogens with zero attached hydrogens (tertiary/aromatic N) is 1. The first-order valence-corrected chi connectivity index (χ1v) is 5.58. The molecule has 0 amide bonds. The molecular formula is C11H13BrN2. The lowest BCUT2D eigenvalue weighted by molar-refractivity contribution is 0.956. The Morgan fingerprint density at radius 2 is 2.14 bits per heavy atom. The average Bonchev–Trinajstić information content (AvgIpc) is 2.49. The molecule has 0 aliphatic carbocycles. The molecule has 1 aliphatic heterocycles. The molecule has 1 saturated heterocycles. The molecule has 1 heterocycles. The number of halogens is 1. The van der Waals surface area contributed by atoms with Crippen LogP contribution in [0.2, 0.25) is 0 Å². The first-order valence-electron chi connectivity index (χ1n) is 4.79. The Kier molecular flexibility index (Phi) is 2.59. The molecule has 0 radical (unpaired) electrons. The quantitative estimate of drug-likeness (QED) is 0.816. The van der Waals surface area contributed by atoms with Crippen LogP contribution in [0.1, 0.15) is 18.4 Å². The maximum atomic E-state index is 7.79. The number of aryl methyl sites for hydroxylation is 1. The van der Waals surface area contributed by atoms with Gasteiger partial charge in [0.15, 0.2) is 0 Å². The molecule has 0 spiro atoms. The van der Waals surface area contributed by atoms with Gasteiger partial charge in [-0.05, 0) is 37.1 Å². The molecule has 1 fully saturated rings. The minimum Gasteiger partial charge on any atom is -0.330 e. The molecular weight excluding hydrogens is 240 g/mol. The van der Waals surface area contributed by atoms with Gasteiger partial charge in [-0.25, -0.2) is 0 Å². The van der Waals surface area contributed by atoms with E-state index < -0.39 is 0 Å². The first kappa shape index (κ1) is 9.71. The first-order chi connectivity index (χ1) is 6.66. The third kappa shape index (κ3) is 1.82. The number of rotatable bonds is 1. The van der Waals surface area contributed by atoms with Crippen LogP contribution in [-0.4, -0.2) is 12.4 Å². The summed E-state index contributed by atoms with van der Waals surface area (Å²) in [6.45, 7) is 3.06. The highest BCUT2D eigenvalue weighted by molar-refractivity contribution is 9.10. The van der Waals surface area contributed by atoms with Crippen molar-refractivity contribution in [2.24, 2.45) is 0 Å². The Balaban J connectivity index is 2.35. The molecule has 0 aromatic heterocycles. The second-order valence-electron chi connectivity index (χ2n) is 3.69. The summed E-state index contributed by atoms with van der Waals surface area (Å²) in [5.41, 5.74) is 2.37. The molecule has 1 aromatic carbocycles. The van der Waals surface area contributed by atoms with Gasteiger partial charge >= 0.3 is 0 Å². The van der Waals surface area contributed by atoms with Crippen LogP contribution in [0.5, 0.6) is 0 Å². The van der Waals surface area contributed by atoms with E-state index in [0.717, 1.165) is 35.4 Å². The number of hydrogen-bond donors (Lipinski definition) is 1. The molecule has 2 rings (SSSR count). The molecule has 2 nitrogen and oxygen atoms in total. The van der Waals surface area contributed by atoms with Gasteiger partial charge in [0.2, 0.25) is 0 Å². The van der Waals surface area contributed by atoms with E-state index in [1.807, 2.05) is 0 Å². The Hall–Kier alpha value is -0.830. The monoisotopic (exact) mass is 252 g/mol. The fraction of sp³-hybridized carbons (Fsp3) is 0.364. The summed E-state index contributed by atoms with van der Waals surface area (Å²) in [7, 11) is 0. The van der Waals surface area contributed by atoms with Gasteiger partial charge in [-0.15, -0.1) is 0 Å². The molecule has 1 N–H and O–H groups in total. The fourth-order valence-electron chi connectivity index (χ4n) is 1.83. The number of hydrogen-bond acceptors (Lipinski definition) is 1. The van der Waals surface area contributed by atoms with Crippen molar-refractivity contribution in [3.63, 3.8) is 0 Å². The summed E-state index contributed by atoms with van der Waals surface area (Å²) >= 11 is 3.48. The van der Waals surface area contributed by atoms with E-state index in [9.17, 15) is 0 Å². The zero-order valence-corrected chi connectivity index (χ0v) is 9.76. The van der Waals surface area contributed by atoms with Crippen LogP contribution in [0.3, 0.4) is 0 Å². The number of amidine groups is 1. The smallest absolute Gasteiger partial charge is 0.100 e. The van der Waals surface area contributed by atoms with Gasteiger partial charge in [0.25, 0.3) is 0 Å². The van der Waals surface area contributed by atoms with Crippen LogP contribution in [-0.2, 0) is 0 Å². The zero-order chi connectivity index (χ0) is 10.1. The highest BCUT2D eigenvalue weighted by Gasteiger charge is 2.18. The van der Waals surface area contributed by atoms with E-state index in [0.29, 0.717) is 0 Å². The van der Waals surface area contributed by atoms with E-state index in [-0.39, 0.29) is 0 Å². The maximum Gasteiger partial charge on any atom is 0.100 e. The molecule has 74 valence electrons. The molecule has 1 aromatic rings. The van der Waals surface area contributed by atoms with Crippen LogP contribution in [0.25, 0.3) is 0 Å². The minimum atomic E-state index is 0.738. The summed E-state index contributed by atoms with van der Waals surface area (Å²) in [4.78, 5) is 2.08. The number of nitrogens with one attached hydrogen (secondary N) is 1. The molecule has 0 saturated carbocycles. The molecule has 0 bridgehead atoms. The van der Waals surface area contributed by atoms with Crippen LogP contribution in [0.15, 0.2) is 22.7 Å². The summed E-state index contributed by atoms with van der Waals surface area (Å²) in [5.74, 6) is 0.738. The average molecular weight is 253 g/mol.